The molecule has 0 bridgehead atoms. The minimum atomic E-state index is -4.97. The highest BCUT2D eigenvalue weighted by atomic mass is 31.2. The monoisotopic (exact) mass is 1520 g/mol. The van der Waals surface area contributed by atoms with E-state index in [1.54, 1.807) is 0 Å². The fraction of sp³-hybridized carbons (Fsp3) is 0.953. The Morgan fingerprint density at radius 1 is 0.260 bits per heavy atom. The van der Waals surface area contributed by atoms with E-state index in [9.17, 15) is 43.2 Å². The van der Waals surface area contributed by atoms with Gasteiger partial charge in [0.05, 0.1) is 26.4 Å². The van der Waals surface area contributed by atoms with E-state index in [0.29, 0.717) is 25.7 Å². The number of unbranched alkanes of at least 4 members (excludes halogenated alkanes) is 51. The molecule has 0 aromatic rings. The highest BCUT2D eigenvalue weighted by Gasteiger charge is 2.30. The average Bonchev–Trinajstić information content (AvgIpc) is 0.916. The van der Waals surface area contributed by atoms with Crippen molar-refractivity contribution in [3.63, 3.8) is 0 Å². The molecule has 0 heterocycles. The Balaban J connectivity index is 5.26. The first-order chi connectivity index (χ1) is 50.2. The van der Waals surface area contributed by atoms with Gasteiger partial charge in [0.25, 0.3) is 0 Å². The third kappa shape index (κ3) is 78.2. The quantitative estimate of drug-likeness (QED) is 0.0222. The Morgan fingerprint density at radius 2 is 0.442 bits per heavy atom. The van der Waals surface area contributed by atoms with Crippen molar-refractivity contribution in [3.8, 4) is 0 Å². The molecule has 0 fully saturated rings. The number of esters is 4. The third-order valence-electron chi connectivity index (χ3n) is 19.9. The lowest BCUT2D eigenvalue weighted by molar-refractivity contribution is -0.161. The first-order valence-electron chi connectivity index (χ1n) is 43.8. The topological polar surface area (TPSA) is 237 Å². The van der Waals surface area contributed by atoms with E-state index < -0.39 is 97.5 Å². The smallest absolute Gasteiger partial charge is 0.462 e. The summed E-state index contributed by atoms with van der Waals surface area (Å²) in [4.78, 5) is 73.2. The number of hydrogen-bond donors (Lipinski definition) is 3. The summed E-state index contributed by atoms with van der Waals surface area (Å²) in [6.07, 6.45) is 65.2. The van der Waals surface area contributed by atoms with Gasteiger partial charge in [-0.05, 0) is 43.4 Å². The SMILES string of the molecule is CCCCCCCCCCCCCCCCCCCCC(=O)OC[C@H](COP(=O)(O)OC[C@@H](O)COP(=O)(O)OC[C@@H](COC(=O)CCCCCCCCCCCC(C)C)OC(=O)CCCCCCCCCCCCCCC(C)C)OC(=O)CCCCCCCCCCCCCCCCCCC(C)C. The van der Waals surface area contributed by atoms with Crippen LogP contribution in [0.15, 0.2) is 0 Å². The zero-order chi connectivity index (χ0) is 76.5. The number of phosphoric ester groups is 2. The van der Waals surface area contributed by atoms with Gasteiger partial charge in [0.2, 0.25) is 0 Å². The Morgan fingerprint density at radius 3 is 0.654 bits per heavy atom. The van der Waals surface area contributed by atoms with Crippen molar-refractivity contribution in [1.29, 1.82) is 0 Å². The summed E-state index contributed by atoms with van der Waals surface area (Å²) in [5.41, 5.74) is 0. The molecule has 0 saturated carbocycles. The van der Waals surface area contributed by atoms with Gasteiger partial charge in [-0.25, -0.2) is 9.13 Å². The second-order valence-electron chi connectivity index (χ2n) is 32.0. The molecule has 0 aliphatic heterocycles. The van der Waals surface area contributed by atoms with Crippen molar-refractivity contribution in [3.05, 3.63) is 0 Å². The molecule has 0 amide bonds. The minimum absolute atomic E-state index is 0.107. The Bertz CT molecular complexity index is 2010. The lowest BCUT2D eigenvalue weighted by Crippen LogP contribution is -2.30. The maximum atomic E-state index is 13.1. The molecule has 0 saturated heterocycles. The molecule has 618 valence electrons. The second-order valence-corrected chi connectivity index (χ2v) is 34.9. The van der Waals surface area contributed by atoms with Crippen molar-refractivity contribution in [2.75, 3.05) is 39.6 Å². The molecule has 0 aromatic carbocycles. The number of aliphatic hydroxyl groups is 1. The third-order valence-corrected chi connectivity index (χ3v) is 21.8. The van der Waals surface area contributed by atoms with Crippen LogP contribution < -0.4 is 0 Å². The van der Waals surface area contributed by atoms with E-state index in [1.165, 1.54) is 257 Å². The maximum Gasteiger partial charge on any atom is 0.472 e. The number of rotatable bonds is 83. The van der Waals surface area contributed by atoms with Gasteiger partial charge in [0, 0.05) is 25.7 Å². The summed E-state index contributed by atoms with van der Waals surface area (Å²) in [5, 5.41) is 10.7. The van der Waals surface area contributed by atoms with Crippen LogP contribution in [0.1, 0.15) is 447 Å². The van der Waals surface area contributed by atoms with Gasteiger partial charge in [0.15, 0.2) is 12.2 Å². The zero-order valence-electron chi connectivity index (χ0n) is 68.5. The van der Waals surface area contributed by atoms with Gasteiger partial charge >= 0.3 is 39.5 Å². The van der Waals surface area contributed by atoms with Crippen LogP contribution in [-0.2, 0) is 65.4 Å². The van der Waals surface area contributed by atoms with Crippen molar-refractivity contribution in [1.82, 2.24) is 0 Å². The Kier molecular flexibility index (Phi) is 73.7. The Hall–Kier alpha value is -1.94. The van der Waals surface area contributed by atoms with Crippen molar-refractivity contribution < 1.29 is 80.2 Å². The molecule has 0 aliphatic carbocycles. The lowest BCUT2D eigenvalue weighted by atomic mass is 10.0. The predicted octanol–water partition coefficient (Wildman–Crippen LogP) is 25.7. The van der Waals surface area contributed by atoms with Gasteiger partial charge < -0.3 is 33.8 Å². The van der Waals surface area contributed by atoms with Crippen LogP contribution in [0, 0.1) is 17.8 Å². The summed E-state index contributed by atoms with van der Waals surface area (Å²) in [6.45, 7) is 12.0. The molecule has 0 spiro atoms. The molecule has 5 atom stereocenters. The molecule has 2 unspecified atom stereocenters. The summed E-state index contributed by atoms with van der Waals surface area (Å²) < 4.78 is 68.9. The van der Waals surface area contributed by atoms with Crippen LogP contribution in [0.4, 0.5) is 0 Å². The molecule has 19 heteroatoms. The highest BCUT2D eigenvalue weighted by molar-refractivity contribution is 7.47. The van der Waals surface area contributed by atoms with Crippen LogP contribution >= 0.6 is 15.6 Å². The second kappa shape index (κ2) is 75.1. The fourth-order valence-corrected chi connectivity index (χ4v) is 14.8. The van der Waals surface area contributed by atoms with E-state index in [0.717, 1.165) is 108 Å². The van der Waals surface area contributed by atoms with Crippen LogP contribution in [0.25, 0.3) is 0 Å². The molecule has 3 N–H and O–H groups in total. The zero-order valence-corrected chi connectivity index (χ0v) is 70.3. The normalized spacial score (nSPS) is 13.9. The van der Waals surface area contributed by atoms with Crippen LogP contribution in [0.2, 0.25) is 0 Å². The minimum Gasteiger partial charge on any atom is -0.462 e. The molecular formula is C85H166O17P2. The number of carbonyl (C=O) groups is 4. The standard InChI is InChI=1S/C85H166O17P2/c1-8-9-10-11-12-13-14-15-16-17-18-22-25-31-38-45-52-59-66-82(87)95-72-80(101-84(89)68-61-54-47-39-32-26-23-20-19-21-24-29-35-42-49-56-63-76(2)3)74-99-103(91,92)97-70-79(86)71-98-104(93,94)100-75-81(73-96-83(88)67-60-53-46-41-34-37-44-51-58-65-78(6)7)102-85(90)69-62-55-48-40-33-28-27-30-36-43-50-57-64-77(4)5/h76-81,86H,8-75H2,1-7H3,(H,91,92)(H,93,94)/t79-,80-,81-/m1/s1. The Labute approximate surface area is 638 Å². The first kappa shape index (κ1) is 102. The lowest BCUT2D eigenvalue weighted by Gasteiger charge is -2.21. The van der Waals surface area contributed by atoms with E-state index in [-0.39, 0.29) is 25.7 Å². The van der Waals surface area contributed by atoms with E-state index in [1.807, 2.05) is 0 Å². The van der Waals surface area contributed by atoms with Gasteiger partial charge in [-0.15, -0.1) is 0 Å². The van der Waals surface area contributed by atoms with Gasteiger partial charge in [0.1, 0.15) is 19.3 Å². The van der Waals surface area contributed by atoms with Gasteiger partial charge in [-0.3, -0.25) is 37.3 Å². The first-order valence-corrected chi connectivity index (χ1v) is 46.8. The predicted molar refractivity (Wildman–Crippen MR) is 428 cm³/mol. The van der Waals surface area contributed by atoms with Gasteiger partial charge in [-0.2, -0.15) is 0 Å². The summed E-state index contributed by atoms with van der Waals surface area (Å²) >= 11 is 0. The summed E-state index contributed by atoms with van der Waals surface area (Å²) in [5.74, 6) is 0.225. The van der Waals surface area contributed by atoms with Crippen molar-refractivity contribution in [2.45, 2.75) is 465 Å². The van der Waals surface area contributed by atoms with Gasteiger partial charge in [-0.1, -0.05) is 395 Å². The molecule has 0 radical (unpaired) electrons. The van der Waals surface area contributed by atoms with Crippen molar-refractivity contribution in [2.24, 2.45) is 17.8 Å². The number of hydrogen-bond acceptors (Lipinski definition) is 15. The van der Waals surface area contributed by atoms with E-state index in [4.69, 9.17) is 37.0 Å². The van der Waals surface area contributed by atoms with E-state index >= 15 is 0 Å². The summed E-state index contributed by atoms with van der Waals surface area (Å²) in [6, 6.07) is 0. The summed E-state index contributed by atoms with van der Waals surface area (Å²) in [7, 11) is -9.93. The molecule has 0 aliphatic rings. The maximum absolute atomic E-state index is 13.1. The number of aliphatic hydroxyl groups excluding tert-OH is 1. The molecular weight excluding hydrogens is 1350 g/mol. The highest BCUT2D eigenvalue weighted by Crippen LogP contribution is 2.45. The van der Waals surface area contributed by atoms with Crippen LogP contribution in [-0.4, -0.2) is 96.7 Å². The fourth-order valence-electron chi connectivity index (χ4n) is 13.2. The molecule has 0 aromatic heterocycles. The van der Waals surface area contributed by atoms with E-state index in [2.05, 4.69) is 48.5 Å². The van der Waals surface area contributed by atoms with Crippen molar-refractivity contribution >= 4 is 39.5 Å². The molecule has 17 nitrogen and oxygen atoms in total. The molecule has 0 rings (SSSR count). The largest absolute Gasteiger partial charge is 0.472 e. The number of carbonyl (C=O) groups excluding carboxylic acids is 4. The number of phosphoric acid groups is 2. The van der Waals surface area contributed by atoms with Crippen LogP contribution in [0.5, 0.6) is 0 Å². The molecule has 104 heavy (non-hydrogen) atoms. The van der Waals surface area contributed by atoms with Crippen LogP contribution in [0.3, 0.4) is 0 Å². The average molecular weight is 1520 g/mol. The number of ether oxygens (including phenoxy) is 4.